The van der Waals surface area contributed by atoms with E-state index in [0.29, 0.717) is 22.9 Å². The zero-order valence-corrected chi connectivity index (χ0v) is 16.0. The van der Waals surface area contributed by atoms with Gasteiger partial charge in [-0.3, -0.25) is 4.79 Å². The SMILES string of the molecule is O=C(c1c(Cl)cccc1C1CC1)n1nc(I)c2c1C[C@H](CO)CC2. The van der Waals surface area contributed by atoms with Gasteiger partial charge in [-0.2, -0.15) is 9.78 Å². The first kappa shape index (κ1) is 16.5. The van der Waals surface area contributed by atoms with E-state index in [4.69, 9.17) is 11.6 Å². The largest absolute Gasteiger partial charge is 0.396 e. The van der Waals surface area contributed by atoms with Crippen molar-refractivity contribution in [2.75, 3.05) is 6.61 Å². The third-order valence-electron chi connectivity index (χ3n) is 5.05. The number of halogens is 2. The van der Waals surface area contributed by atoms with Crippen molar-refractivity contribution in [2.24, 2.45) is 5.92 Å². The molecule has 0 bridgehead atoms. The molecule has 6 heteroatoms. The molecule has 4 rings (SSSR count). The average Bonchev–Trinajstić information content (AvgIpc) is 3.38. The highest BCUT2D eigenvalue weighted by molar-refractivity contribution is 14.1. The Balaban J connectivity index is 1.79. The van der Waals surface area contributed by atoms with E-state index < -0.39 is 0 Å². The van der Waals surface area contributed by atoms with E-state index in [9.17, 15) is 9.90 Å². The van der Waals surface area contributed by atoms with E-state index in [1.807, 2.05) is 12.1 Å². The van der Waals surface area contributed by atoms with Gasteiger partial charge in [-0.15, -0.1) is 0 Å². The van der Waals surface area contributed by atoms with Gasteiger partial charge in [0.1, 0.15) is 3.70 Å². The minimum absolute atomic E-state index is 0.139. The Morgan fingerprint density at radius 3 is 2.88 bits per heavy atom. The van der Waals surface area contributed by atoms with Crippen molar-refractivity contribution in [3.05, 3.63) is 49.3 Å². The van der Waals surface area contributed by atoms with Crippen LogP contribution in [0.2, 0.25) is 5.02 Å². The van der Waals surface area contributed by atoms with Crippen molar-refractivity contribution >= 4 is 40.1 Å². The molecule has 0 saturated heterocycles. The molecule has 1 saturated carbocycles. The van der Waals surface area contributed by atoms with Gasteiger partial charge in [0.2, 0.25) is 0 Å². The van der Waals surface area contributed by atoms with Gasteiger partial charge in [-0.1, -0.05) is 23.7 Å². The molecular formula is C18H18ClIN2O2. The molecule has 2 aliphatic carbocycles. The maximum atomic E-state index is 13.3. The summed E-state index contributed by atoms with van der Waals surface area (Å²) in [6, 6.07) is 5.70. The predicted octanol–water partition coefficient (Wildman–Crippen LogP) is 3.80. The number of fused-ring (bicyclic) bond motifs is 1. The van der Waals surface area contributed by atoms with Gasteiger partial charge in [0.25, 0.3) is 5.91 Å². The first-order chi connectivity index (χ1) is 11.6. The van der Waals surface area contributed by atoms with Crippen LogP contribution in [0.4, 0.5) is 0 Å². The van der Waals surface area contributed by atoms with Gasteiger partial charge in [-0.25, -0.2) is 0 Å². The second-order valence-electron chi connectivity index (χ2n) is 6.70. The van der Waals surface area contributed by atoms with Gasteiger partial charge in [0.15, 0.2) is 0 Å². The Hall–Kier alpha value is -0.920. The monoisotopic (exact) mass is 456 g/mol. The van der Waals surface area contributed by atoms with Crippen molar-refractivity contribution in [1.29, 1.82) is 0 Å². The van der Waals surface area contributed by atoms with Crippen molar-refractivity contribution in [2.45, 2.75) is 38.0 Å². The van der Waals surface area contributed by atoms with Gasteiger partial charge < -0.3 is 5.11 Å². The molecule has 1 aromatic heterocycles. The zero-order chi connectivity index (χ0) is 16.8. The number of aliphatic hydroxyl groups excluding tert-OH is 1. The number of aromatic nitrogens is 2. The Labute approximate surface area is 159 Å². The summed E-state index contributed by atoms with van der Waals surface area (Å²) in [7, 11) is 0. The number of carbonyl (C=O) groups excluding carboxylic acids is 1. The second-order valence-corrected chi connectivity index (χ2v) is 8.13. The molecule has 1 fully saturated rings. The van der Waals surface area contributed by atoms with Crippen molar-refractivity contribution in [3.8, 4) is 0 Å². The molecule has 126 valence electrons. The zero-order valence-electron chi connectivity index (χ0n) is 13.1. The van der Waals surface area contributed by atoms with E-state index in [2.05, 4.69) is 27.7 Å². The summed E-state index contributed by atoms with van der Waals surface area (Å²) < 4.78 is 2.42. The summed E-state index contributed by atoms with van der Waals surface area (Å²) in [5.74, 6) is 0.504. The normalized spacial score (nSPS) is 20.0. The topological polar surface area (TPSA) is 55.1 Å². The standard InChI is InChI=1S/C18H18ClIN2O2/c19-14-3-1-2-12(11-5-6-11)16(14)18(24)22-15-8-10(9-23)4-7-13(15)17(20)21-22/h1-3,10-11,23H,4-9H2/t10-/m1/s1. The van der Waals surface area contributed by atoms with Crippen LogP contribution in [0, 0.1) is 9.62 Å². The number of hydrogen-bond acceptors (Lipinski definition) is 3. The van der Waals surface area contributed by atoms with Crippen LogP contribution in [0.25, 0.3) is 0 Å². The molecule has 0 amide bonds. The fourth-order valence-corrected chi connectivity index (χ4v) is 4.63. The average molecular weight is 457 g/mol. The van der Waals surface area contributed by atoms with E-state index in [1.54, 1.807) is 6.07 Å². The number of carbonyl (C=O) groups is 1. The molecule has 1 heterocycles. The van der Waals surface area contributed by atoms with Gasteiger partial charge >= 0.3 is 0 Å². The lowest BCUT2D eigenvalue weighted by Gasteiger charge is -2.21. The highest BCUT2D eigenvalue weighted by Gasteiger charge is 2.33. The van der Waals surface area contributed by atoms with Crippen LogP contribution in [0.15, 0.2) is 18.2 Å². The molecule has 4 nitrogen and oxygen atoms in total. The fraction of sp³-hybridized carbons (Fsp3) is 0.444. The summed E-state index contributed by atoms with van der Waals surface area (Å²) >= 11 is 8.59. The van der Waals surface area contributed by atoms with Crippen LogP contribution < -0.4 is 0 Å². The summed E-state index contributed by atoms with van der Waals surface area (Å²) in [4.78, 5) is 13.3. The third-order valence-corrected chi connectivity index (χ3v) is 6.23. The minimum Gasteiger partial charge on any atom is -0.396 e. The molecule has 2 aliphatic rings. The van der Waals surface area contributed by atoms with Gasteiger partial charge in [-0.05, 0) is 78.2 Å². The maximum Gasteiger partial charge on any atom is 0.280 e. The van der Waals surface area contributed by atoms with Gasteiger partial charge in [0, 0.05) is 12.2 Å². The van der Waals surface area contributed by atoms with Crippen LogP contribution in [0.5, 0.6) is 0 Å². The van der Waals surface area contributed by atoms with Crippen LogP contribution >= 0.6 is 34.2 Å². The molecule has 2 aromatic rings. The Morgan fingerprint density at radius 2 is 2.17 bits per heavy atom. The number of aliphatic hydroxyl groups is 1. The van der Waals surface area contributed by atoms with Crippen LogP contribution in [0.1, 0.15) is 52.4 Å². The molecule has 0 radical (unpaired) electrons. The molecule has 1 atom stereocenters. The summed E-state index contributed by atoms with van der Waals surface area (Å²) in [5.41, 5.74) is 3.72. The maximum absolute atomic E-state index is 13.3. The van der Waals surface area contributed by atoms with Crippen molar-refractivity contribution in [1.82, 2.24) is 9.78 Å². The van der Waals surface area contributed by atoms with Crippen LogP contribution in [0.3, 0.4) is 0 Å². The number of rotatable bonds is 3. The van der Waals surface area contributed by atoms with Gasteiger partial charge in [0.05, 0.1) is 16.3 Å². The summed E-state index contributed by atoms with van der Waals surface area (Å²) in [6.07, 6.45) is 4.73. The van der Waals surface area contributed by atoms with Crippen molar-refractivity contribution < 1.29 is 9.90 Å². The summed E-state index contributed by atoms with van der Waals surface area (Å²) in [5, 5.41) is 14.5. The number of hydrogen-bond donors (Lipinski definition) is 1. The Morgan fingerprint density at radius 1 is 1.38 bits per heavy atom. The van der Waals surface area contributed by atoms with E-state index >= 15 is 0 Å². The number of benzene rings is 1. The molecule has 1 aromatic carbocycles. The molecule has 0 spiro atoms. The first-order valence-corrected chi connectivity index (χ1v) is 9.76. The smallest absolute Gasteiger partial charge is 0.280 e. The first-order valence-electron chi connectivity index (χ1n) is 8.30. The highest BCUT2D eigenvalue weighted by atomic mass is 127. The van der Waals surface area contributed by atoms with Crippen LogP contribution in [-0.2, 0) is 12.8 Å². The molecule has 24 heavy (non-hydrogen) atoms. The Bertz CT molecular complexity index is 814. The molecule has 1 N–H and O–H groups in total. The number of nitrogens with zero attached hydrogens (tertiary/aromatic N) is 2. The lowest BCUT2D eigenvalue weighted by molar-refractivity contribution is 0.0937. The second kappa shape index (κ2) is 6.42. The van der Waals surface area contributed by atoms with Crippen molar-refractivity contribution in [3.63, 3.8) is 0 Å². The fourth-order valence-electron chi connectivity index (χ4n) is 3.57. The quantitative estimate of drug-likeness (QED) is 0.715. The van der Waals surface area contributed by atoms with E-state index in [0.717, 1.165) is 46.2 Å². The third kappa shape index (κ3) is 2.80. The van der Waals surface area contributed by atoms with E-state index in [1.165, 1.54) is 4.68 Å². The minimum atomic E-state index is -0.139. The molecule has 0 unspecified atom stereocenters. The van der Waals surface area contributed by atoms with Crippen LogP contribution in [-0.4, -0.2) is 27.4 Å². The lowest BCUT2D eigenvalue weighted by atomic mass is 9.88. The highest BCUT2D eigenvalue weighted by Crippen LogP contribution is 2.43. The molecular weight excluding hydrogens is 439 g/mol. The van der Waals surface area contributed by atoms with E-state index in [-0.39, 0.29) is 18.4 Å². The lowest BCUT2D eigenvalue weighted by Crippen LogP contribution is -2.24. The Kier molecular flexibility index (Phi) is 4.43. The molecule has 0 aliphatic heterocycles. The summed E-state index contributed by atoms with van der Waals surface area (Å²) in [6.45, 7) is 0.148. The predicted molar refractivity (Wildman–Crippen MR) is 101 cm³/mol.